The SMILES string of the molecule is C[C@H]1Cc2ccccc2N1C(=O)COC(=O)c1c(NC(=O)c2ccco2)sc2c1CCC2. The van der Waals surface area contributed by atoms with Crippen LogP contribution in [0.1, 0.15) is 50.3 Å². The van der Waals surface area contributed by atoms with Gasteiger partial charge in [0.15, 0.2) is 12.4 Å². The molecule has 0 radical (unpaired) electrons. The van der Waals surface area contributed by atoms with Crippen molar-refractivity contribution in [2.24, 2.45) is 0 Å². The van der Waals surface area contributed by atoms with E-state index in [4.69, 9.17) is 9.15 Å². The third-order valence-corrected chi connectivity index (χ3v) is 7.11. The molecule has 164 valence electrons. The second-order valence-corrected chi connectivity index (χ2v) is 9.12. The zero-order valence-corrected chi connectivity index (χ0v) is 18.4. The highest BCUT2D eigenvalue weighted by Gasteiger charge is 2.33. The number of hydrogen-bond donors (Lipinski definition) is 1. The second-order valence-electron chi connectivity index (χ2n) is 8.01. The third-order valence-electron chi connectivity index (χ3n) is 5.90. The lowest BCUT2D eigenvalue weighted by Crippen LogP contribution is -2.38. The lowest BCUT2D eigenvalue weighted by atomic mass is 10.1. The molecule has 1 aliphatic carbocycles. The molecule has 1 aliphatic heterocycles. The van der Waals surface area contributed by atoms with E-state index in [9.17, 15) is 14.4 Å². The summed E-state index contributed by atoms with van der Waals surface area (Å²) in [5.41, 5.74) is 3.23. The van der Waals surface area contributed by atoms with E-state index in [1.165, 1.54) is 17.6 Å². The zero-order valence-electron chi connectivity index (χ0n) is 17.6. The largest absolute Gasteiger partial charge is 0.459 e. The summed E-state index contributed by atoms with van der Waals surface area (Å²) in [6.07, 6.45) is 4.75. The fraction of sp³-hybridized carbons (Fsp3) is 0.292. The quantitative estimate of drug-likeness (QED) is 0.588. The number of hydrogen-bond acceptors (Lipinski definition) is 6. The monoisotopic (exact) mass is 450 g/mol. The first-order valence-corrected chi connectivity index (χ1v) is 11.4. The van der Waals surface area contributed by atoms with Gasteiger partial charge in [-0.2, -0.15) is 0 Å². The van der Waals surface area contributed by atoms with E-state index in [0.717, 1.165) is 47.4 Å². The van der Waals surface area contributed by atoms with Crippen molar-refractivity contribution >= 4 is 39.8 Å². The molecule has 0 fully saturated rings. The smallest absolute Gasteiger partial charge is 0.341 e. The molecule has 5 rings (SSSR count). The number of para-hydroxylation sites is 1. The predicted molar refractivity (Wildman–Crippen MR) is 120 cm³/mol. The van der Waals surface area contributed by atoms with Crippen molar-refractivity contribution in [1.29, 1.82) is 0 Å². The average molecular weight is 451 g/mol. The van der Waals surface area contributed by atoms with Crippen molar-refractivity contribution in [3.63, 3.8) is 0 Å². The van der Waals surface area contributed by atoms with Gasteiger partial charge in [0.05, 0.1) is 11.8 Å². The summed E-state index contributed by atoms with van der Waals surface area (Å²) < 4.78 is 10.6. The van der Waals surface area contributed by atoms with Gasteiger partial charge >= 0.3 is 5.97 Å². The van der Waals surface area contributed by atoms with E-state index in [2.05, 4.69) is 5.32 Å². The van der Waals surface area contributed by atoms with E-state index in [-0.39, 0.29) is 24.3 Å². The summed E-state index contributed by atoms with van der Waals surface area (Å²) in [6, 6.07) is 11.0. The highest BCUT2D eigenvalue weighted by molar-refractivity contribution is 7.17. The molecule has 2 aromatic heterocycles. The summed E-state index contributed by atoms with van der Waals surface area (Å²) in [4.78, 5) is 41.2. The summed E-state index contributed by atoms with van der Waals surface area (Å²) in [6.45, 7) is 1.63. The van der Waals surface area contributed by atoms with Crippen LogP contribution in [0.5, 0.6) is 0 Å². The molecule has 2 amide bonds. The fourth-order valence-corrected chi connectivity index (χ4v) is 5.77. The van der Waals surface area contributed by atoms with Crippen molar-refractivity contribution in [2.45, 2.75) is 38.6 Å². The van der Waals surface area contributed by atoms with E-state index in [1.807, 2.05) is 31.2 Å². The molecule has 0 bridgehead atoms. The molecule has 8 heteroatoms. The number of benzene rings is 1. The summed E-state index contributed by atoms with van der Waals surface area (Å²) >= 11 is 1.38. The zero-order chi connectivity index (χ0) is 22.2. The first-order valence-electron chi connectivity index (χ1n) is 10.6. The highest BCUT2D eigenvalue weighted by Crippen LogP contribution is 2.40. The van der Waals surface area contributed by atoms with Gasteiger partial charge in [-0.3, -0.25) is 9.59 Å². The maximum absolute atomic E-state index is 13.0. The molecular weight excluding hydrogens is 428 g/mol. The lowest BCUT2D eigenvalue weighted by molar-refractivity contribution is -0.122. The molecule has 3 heterocycles. The van der Waals surface area contributed by atoms with Crippen LogP contribution in [0.15, 0.2) is 47.1 Å². The Morgan fingerprint density at radius 2 is 2.03 bits per heavy atom. The Bertz CT molecular complexity index is 1200. The first kappa shape index (κ1) is 20.5. The van der Waals surface area contributed by atoms with Gasteiger partial charge in [0.2, 0.25) is 0 Å². The molecule has 1 atom stereocenters. The lowest BCUT2D eigenvalue weighted by Gasteiger charge is -2.22. The van der Waals surface area contributed by atoms with E-state index < -0.39 is 11.9 Å². The minimum Gasteiger partial charge on any atom is -0.459 e. The Morgan fingerprint density at radius 3 is 2.84 bits per heavy atom. The molecule has 3 aromatic rings. The molecule has 32 heavy (non-hydrogen) atoms. The van der Waals surface area contributed by atoms with Crippen LogP contribution in [-0.4, -0.2) is 30.4 Å². The van der Waals surface area contributed by atoms with E-state index in [0.29, 0.717) is 10.6 Å². The number of nitrogens with zero attached hydrogens (tertiary/aromatic N) is 1. The van der Waals surface area contributed by atoms with Gasteiger partial charge in [-0.1, -0.05) is 18.2 Å². The number of aryl methyl sites for hydroxylation is 1. The van der Waals surface area contributed by atoms with Gasteiger partial charge < -0.3 is 19.4 Å². The Labute approximate surface area is 189 Å². The maximum atomic E-state index is 13.0. The number of nitrogens with one attached hydrogen (secondary N) is 1. The van der Waals surface area contributed by atoms with Crippen molar-refractivity contribution in [2.75, 3.05) is 16.8 Å². The Morgan fingerprint density at radius 1 is 1.19 bits per heavy atom. The summed E-state index contributed by atoms with van der Waals surface area (Å²) in [7, 11) is 0. The number of thiophene rings is 1. The van der Waals surface area contributed by atoms with Crippen molar-refractivity contribution in [1.82, 2.24) is 0 Å². The van der Waals surface area contributed by atoms with Gasteiger partial charge in [-0.15, -0.1) is 11.3 Å². The number of rotatable bonds is 5. The first-order chi connectivity index (χ1) is 15.5. The Hall–Kier alpha value is -3.39. The maximum Gasteiger partial charge on any atom is 0.341 e. The van der Waals surface area contributed by atoms with E-state index >= 15 is 0 Å². The molecule has 1 aromatic carbocycles. The van der Waals surface area contributed by atoms with Gasteiger partial charge in [-0.25, -0.2) is 4.79 Å². The molecule has 0 unspecified atom stereocenters. The number of carbonyl (C=O) groups is 3. The van der Waals surface area contributed by atoms with Crippen LogP contribution in [0.4, 0.5) is 10.7 Å². The third kappa shape index (κ3) is 3.60. The molecule has 0 saturated heterocycles. The predicted octanol–water partition coefficient (Wildman–Crippen LogP) is 4.22. The Kier molecular flexibility index (Phi) is 5.30. The minimum absolute atomic E-state index is 0.00661. The van der Waals surface area contributed by atoms with Crippen LogP contribution in [0.2, 0.25) is 0 Å². The topological polar surface area (TPSA) is 88.9 Å². The molecular formula is C24H22N2O5S. The molecule has 1 N–H and O–H groups in total. The molecule has 7 nitrogen and oxygen atoms in total. The highest BCUT2D eigenvalue weighted by atomic mass is 32.1. The van der Waals surface area contributed by atoms with Crippen LogP contribution >= 0.6 is 11.3 Å². The van der Waals surface area contributed by atoms with Gasteiger partial charge in [0, 0.05) is 16.6 Å². The van der Waals surface area contributed by atoms with Gasteiger partial charge in [-0.05, 0) is 61.9 Å². The average Bonchev–Trinajstić information content (AvgIpc) is 3.54. The van der Waals surface area contributed by atoms with Crippen LogP contribution in [-0.2, 0) is 28.8 Å². The van der Waals surface area contributed by atoms with Gasteiger partial charge in [0.25, 0.3) is 11.8 Å². The second kappa shape index (κ2) is 8.27. The van der Waals surface area contributed by atoms with Crippen LogP contribution in [0.25, 0.3) is 0 Å². The number of fused-ring (bicyclic) bond motifs is 2. The summed E-state index contributed by atoms with van der Waals surface area (Å²) in [5, 5.41) is 3.21. The van der Waals surface area contributed by atoms with Crippen molar-refractivity contribution in [3.8, 4) is 0 Å². The minimum atomic E-state index is -0.590. The van der Waals surface area contributed by atoms with Crippen molar-refractivity contribution < 1.29 is 23.5 Å². The number of ether oxygens (including phenoxy) is 1. The number of amides is 2. The van der Waals surface area contributed by atoms with Crippen LogP contribution in [0.3, 0.4) is 0 Å². The Balaban J connectivity index is 1.32. The van der Waals surface area contributed by atoms with Crippen LogP contribution < -0.4 is 10.2 Å². The van der Waals surface area contributed by atoms with Gasteiger partial charge in [0.1, 0.15) is 5.00 Å². The number of carbonyl (C=O) groups excluding carboxylic acids is 3. The molecule has 0 spiro atoms. The van der Waals surface area contributed by atoms with E-state index in [1.54, 1.807) is 17.0 Å². The van der Waals surface area contributed by atoms with Crippen molar-refractivity contribution in [3.05, 3.63) is 70.0 Å². The van der Waals surface area contributed by atoms with Crippen LogP contribution in [0, 0.1) is 0 Å². The molecule has 2 aliphatic rings. The number of anilines is 2. The standard InChI is InChI=1S/C24H22N2O5S/c1-14-12-15-6-2-3-8-17(15)26(14)20(27)13-31-24(29)21-16-7-4-10-19(16)32-23(21)25-22(28)18-9-5-11-30-18/h2-3,5-6,8-9,11,14H,4,7,10,12-13H2,1H3,(H,25,28)/t14-/m0/s1. The number of furan rings is 1. The summed E-state index contributed by atoms with van der Waals surface area (Å²) in [5.74, 6) is -1.12. The molecule has 0 saturated carbocycles. The fourth-order valence-electron chi connectivity index (χ4n) is 4.50. The normalized spacial score (nSPS) is 16.5. The number of esters is 1.